The summed E-state index contributed by atoms with van der Waals surface area (Å²) in [7, 11) is 0. The van der Waals surface area contributed by atoms with Gasteiger partial charge in [0.25, 0.3) is 5.91 Å². The molecule has 1 aromatic heterocycles. The van der Waals surface area contributed by atoms with E-state index in [0.29, 0.717) is 40.5 Å². The molecule has 186 valence electrons. The van der Waals surface area contributed by atoms with Crippen LogP contribution < -0.4 is 10.2 Å². The third-order valence-corrected chi connectivity index (χ3v) is 6.68. The molecule has 4 aromatic rings. The van der Waals surface area contributed by atoms with E-state index in [4.69, 9.17) is 32.4 Å². The predicted molar refractivity (Wildman–Crippen MR) is 144 cm³/mol. The first-order valence-corrected chi connectivity index (χ1v) is 12.5. The van der Waals surface area contributed by atoms with Crippen LogP contribution in [0.4, 0.5) is 0 Å². The molecular formula is C29H22Cl2N2O4. The largest absolute Gasteiger partial charge is 0.453 e. The lowest BCUT2D eigenvalue weighted by molar-refractivity contribution is 0.0698. The maximum atomic E-state index is 12.9. The molecule has 1 aliphatic rings. The fourth-order valence-corrected chi connectivity index (χ4v) is 4.75. The van der Waals surface area contributed by atoms with E-state index in [0.717, 1.165) is 23.1 Å². The first kappa shape index (κ1) is 24.8. The van der Waals surface area contributed by atoms with Crippen molar-refractivity contribution in [3.05, 3.63) is 111 Å². The van der Waals surface area contributed by atoms with E-state index in [1.54, 1.807) is 25.1 Å². The average molecular weight is 533 g/mol. The molecule has 37 heavy (non-hydrogen) atoms. The molecule has 1 heterocycles. The van der Waals surface area contributed by atoms with Gasteiger partial charge in [-0.25, -0.2) is 10.2 Å². The molecule has 1 amide bonds. The highest BCUT2D eigenvalue weighted by Gasteiger charge is 2.29. The topological polar surface area (TPSA) is 80.9 Å². The molecule has 5 rings (SSSR count). The first-order chi connectivity index (χ1) is 17.9. The van der Waals surface area contributed by atoms with Gasteiger partial charge in [-0.1, -0.05) is 65.7 Å². The first-order valence-electron chi connectivity index (χ1n) is 11.7. The molecule has 0 saturated carbocycles. The van der Waals surface area contributed by atoms with Crippen LogP contribution >= 0.6 is 23.2 Å². The van der Waals surface area contributed by atoms with E-state index in [1.165, 1.54) is 12.1 Å². The minimum atomic E-state index is -0.669. The molecule has 0 bridgehead atoms. The van der Waals surface area contributed by atoms with Gasteiger partial charge in [-0.05, 0) is 61.2 Å². The van der Waals surface area contributed by atoms with Crippen LogP contribution in [0.5, 0.6) is 5.75 Å². The fourth-order valence-electron chi connectivity index (χ4n) is 4.31. The van der Waals surface area contributed by atoms with Crippen molar-refractivity contribution in [2.24, 2.45) is 5.10 Å². The van der Waals surface area contributed by atoms with E-state index in [2.05, 4.69) is 10.5 Å². The van der Waals surface area contributed by atoms with Crippen molar-refractivity contribution >= 4 is 40.8 Å². The number of halogens is 2. The summed E-state index contributed by atoms with van der Waals surface area (Å²) in [6.45, 7) is 1.77. The van der Waals surface area contributed by atoms with Crippen molar-refractivity contribution in [1.82, 2.24) is 5.43 Å². The van der Waals surface area contributed by atoms with Gasteiger partial charge in [-0.15, -0.1) is 0 Å². The average Bonchev–Trinajstić information content (AvgIpc) is 3.26. The number of hydrogen-bond donors (Lipinski definition) is 1. The number of fused-ring (bicyclic) bond motifs is 1. The van der Waals surface area contributed by atoms with Crippen molar-refractivity contribution in [3.63, 3.8) is 0 Å². The van der Waals surface area contributed by atoms with Gasteiger partial charge in [0.05, 0.1) is 10.7 Å². The Balaban J connectivity index is 1.33. The summed E-state index contributed by atoms with van der Waals surface area (Å²) < 4.78 is 11.3. The van der Waals surface area contributed by atoms with Crippen LogP contribution in [0.3, 0.4) is 0 Å². The number of amides is 1. The molecule has 0 aliphatic heterocycles. The van der Waals surface area contributed by atoms with E-state index >= 15 is 0 Å². The number of furan rings is 1. The molecule has 0 spiro atoms. The summed E-state index contributed by atoms with van der Waals surface area (Å²) in [5.74, 6) is -0.0914. The molecule has 1 aliphatic carbocycles. The molecule has 0 saturated heterocycles. The van der Waals surface area contributed by atoms with Crippen LogP contribution in [0.15, 0.2) is 82.3 Å². The number of aryl methyl sites for hydroxylation is 1. The Hall–Kier alpha value is -3.87. The summed E-state index contributed by atoms with van der Waals surface area (Å²) in [6, 6.07) is 21.9. The van der Waals surface area contributed by atoms with Gasteiger partial charge >= 0.3 is 5.97 Å². The van der Waals surface area contributed by atoms with Crippen molar-refractivity contribution in [3.8, 4) is 16.9 Å². The van der Waals surface area contributed by atoms with Gasteiger partial charge < -0.3 is 9.15 Å². The third-order valence-electron chi connectivity index (χ3n) is 6.15. The van der Waals surface area contributed by atoms with Crippen LogP contribution in [-0.2, 0) is 6.42 Å². The molecule has 3 aromatic carbocycles. The standard InChI is InChI=1S/C29H22Cl2N2O4/c1-17-26-23(32-33-28(34)20-12-10-19(11-13-20)18-6-3-2-4-7-18)8-5-9-25(26)36-27(17)29(35)37-24-15-14-21(30)16-22(24)31/h2-4,6-7,10-16H,5,8-9H2,1H3,(H,33,34)/b32-23+. The van der Waals surface area contributed by atoms with E-state index < -0.39 is 5.97 Å². The number of benzene rings is 3. The van der Waals surface area contributed by atoms with E-state index in [9.17, 15) is 9.59 Å². The second kappa shape index (κ2) is 10.6. The van der Waals surface area contributed by atoms with Crippen molar-refractivity contribution in [1.29, 1.82) is 0 Å². The van der Waals surface area contributed by atoms with Crippen LogP contribution in [-0.4, -0.2) is 17.6 Å². The Labute approximate surface area is 223 Å². The van der Waals surface area contributed by atoms with Crippen molar-refractivity contribution < 1.29 is 18.7 Å². The van der Waals surface area contributed by atoms with Gasteiger partial charge in [0.1, 0.15) is 11.5 Å². The highest BCUT2D eigenvalue weighted by atomic mass is 35.5. The Morgan fingerprint density at radius 1 is 0.946 bits per heavy atom. The predicted octanol–water partition coefficient (Wildman–Crippen LogP) is 7.25. The SMILES string of the molecule is Cc1c(C(=O)Oc2ccc(Cl)cc2Cl)oc2c1/C(=N/NC(=O)c1ccc(-c3ccccc3)cc1)CCC2. The summed E-state index contributed by atoms with van der Waals surface area (Å²) in [4.78, 5) is 25.6. The normalized spacial score (nSPS) is 13.8. The third kappa shape index (κ3) is 5.31. The zero-order valence-electron chi connectivity index (χ0n) is 19.9. The molecule has 0 fully saturated rings. The minimum absolute atomic E-state index is 0.0773. The van der Waals surface area contributed by atoms with Gasteiger partial charge in [0.15, 0.2) is 0 Å². The maximum absolute atomic E-state index is 12.9. The second-order valence-corrected chi connectivity index (χ2v) is 9.46. The van der Waals surface area contributed by atoms with Crippen LogP contribution in [0.1, 0.15) is 50.6 Å². The molecular weight excluding hydrogens is 511 g/mol. The Morgan fingerprint density at radius 3 is 2.41 bits per heavy atom. The summed E-state index contributed by atoms with van der Waals surface area (Å²) >= 11 is 12.1. The quantitative estimate of drug-likeness (QED) is 0.166. The number of rotatable bonds is 5. The zero-order valence-corrected chi connectivity index (χ0v) is 21.4. The number of hydrazone groups is 1. The van der Waals surface area contributed by atoms with Gasteiger partial charge in [-0.2, -0.15) is 5.10 Å². The number of carbonyl (C=O) groups excluding carboxylic acids is 2. The minimum Gasteiger partial charge on any atom is -0.453 e. The van der Waals surface area contributed by atoms with E-state index in [-0.39, 0.29) is 22.4 Å². The lowest BCUT2D eigenvalue weighted by atomic mass is 9.93. The van der Waals surface area contributed by atoms with Crippen LogP contribution in [0, 0.1) is 6.92 Å². The highest BCUT2D eigenvalue weighted by Crippen LogP contribution is 2.32. The smallest absolute Gasteiger partial charge is 0.379 e. The fraction of sp³-hybridized carbons (Fsp3) is 0.138. The Bertz CT molecular complexity index is 1510. The summed E-state index contributed by atoms with van der Waals surface area (Å²) in [5.41, 5.74) is 7.22. The van der Waals surface area contributed by atoms with Gasteiger partial charge in [0.2, 0.25) is 5.76 Å². The lowest BCUT2D eigenvalue weighted by Gasteiger charge is -2.13. The number of nitrogens with zero attached hydrogens (tertiary/aromatic N) is 1. The van der Waals surface area contributed by atoms with Crippen LogP contribution in [0.25, 0.3) is 11.1 Å². The highest BCUT2D eigenvalue weighted by molar-refractivity contribution is 6.35. The number of nitrogens with one attached hydrogen (secondary N) is 1. The lowest BCUT2D eigenvalue weighted by Crippen LogP contribution is -2.22. The van der Waals surface area contributed by atoms with Crippen molar-refractivity contribution in [2.75, 3.05) is 0 Å². The molecule has 1 N–H and O–H groups in total. The van der Waals surface area contributed by atoms with Gasteiger partial charge in [-0.3, -0.25) is 4.79 Å². The maximum Gasteiger partial charge on any atom is 0.379 e. The monoisotopic (exact) mass is 532 g/mol. The number of hydrogen-bond acceptors (Lipinski definition) is 5. The van der Waals surface area contributed by atoms with E-state index in [1.807, 2.05) is 42.5 Å². The van der Waals surface area contributed by atoms with Crippen molar-refractivity contribution in [2.45, 2.75) is 26.2 Å². The van der Waals surface area contributed by atoms with Crippen LogP contribution in [0.2, 0.25) is 10.0 Å². The zero-order chi connectivity index (χ0) is 25.9. The molecule has 6 nitrogen and oxygen atoms in total. The number of esters is 1. The molecule has 8 heteroatoms. The second-order valence-electron chi connectivity index (χ2n) is 8.61. The molecule has 0 atom stereocenters. The number of carbonyl (C=O) groups is 2. The summed E-state index contributed by atoms with van der Waals surface area (Å²) in [5, 5.41) is 5.05. The summed E-state index contributed by atoms with van der Waals surface area (Å²) in [6.07, 6.45) is 2.06. The van der Waals surface area contributed by atoms with Gasteiger partial charge in [0, 0.05) is 28.1 Å². The molecule has 0 unspecified atom stereocenters. The Kier molecular flexibility index (Phi) is 7.12. The number of ether oxygens (including phenoxy) is 1. The Morgan fingerprint density at radius 2 is 1.68 bits per heavy atom. The molecule has 0 radical (unpaired) electrons.